The Kier molecular flexibility index (Phi) is 2.81. The van der Waals surface area contributed by atoms with E-state index in [2.05, 4.69) is 20.8 Å². The summed E-state index contributed by atoms with van der Waals surface area (Å²) in [7, 11) is 0. The maximum absolute atomic E-state index is 10.9. The van der Waals surface area contributed by atoms with Gasteiger partial charge in [-0.1, -0.05) is 20.8 Å². The molecule has 0 saturated heterocycles. The maximum Gasteiger partial charge on any atom is 0.255 e. The highest BCUT2D eigenvalue weighted by Gasteiger charge is 2.19. The summed E-state index contributed by atoms with van der Waals surface area (Å²) in [6.07, 6.45) is 2.21. The second-order valence-corrected chi connectivity index (χ2v) is 4.61. The van der Waals surface area contributed by atoms with Gasteiger partial charge in [-0.15, -0.1) is 0 Å². The topological polar surface area (TPSA) is 30.2 Å². The first-order chi connectivity index (χ1) is 5.90. The number of carbonyl (C=O) groups excluding carboxylic acids is 1. The van der Waals surface area contributed by atoms with Crippen LogP contribution in [0.5, 0.6) is 0 Å². The molecular formula is C10H13ClO2. The fourth-order valence-corrected chi connectivity index (χ4v) is 1.30. The molecule has 0 saturated carbocycles. The van der Waals surface area contributed by atoms with Crippen molar-refractivity contribution in [1.82, 2.24) is 0 Å². The molecule has 0 N–H and O–H groups in total. The minimum atomic E-state index is -0.451. The van der Waals surface area contributed by atoms with E-state index >= 15 is 0 Å². The van der Waals surface area contributed by atoms with Crippen molar-refractivity contribution in [3.63, 3.8) is 0 Å². The first-order valence-corrected chi connectivity index (χ1v) is 4.54. The molecule has 2 nitrogen and oxygen atoms in total. The van der Waals surface area contributed by atoms with Gasteiger partial charge in [-0.25, -0.2) is 0 Å². The molecule has 0 radical (unpaired) electrons. The Morgan fingerprint density at radius 3 is 2.62 bits per heavy atom. The van der Waals surface area contributed by atoms with Crippen LogP contribution in [0.15, 0.2) is 16.7 Å². The Balaban J connectivity index is 2.89. The standard InChI is InChI=1S/C10H13ClO2/c1-10(2,3)6-8-7(9(11)12)4-5-13-8/h4-5H,6H2,1-3H3. The lowest BCUT2D eigenvalue weighted by atomic mass is 9.90. The van der Waals surface area contributed by atoms with Crippen molar-refractivity contribution in [3.05, 3.63) is 23.7 Å². The van der Waals surface area contributed by atoms with Gasteiger partial charge in [0.1, 0.15) is 5.76 Å². The van der Waals surface area contributed by atoms with Gasteiger partial charge in [0, 0.05) is 6.42 Å². The predicted molar refractivity (Wildman–Crippen MR) is 52.1 cm³/mol. The highest BCUT2D eigenvalue weighted by Crippen LogP contribution is 2.24. The molecule has 0 atom stereocenters. The van der Waals surface area contributed by atoms with Gasteiger partial charge in [-0.2, -0.15) is 0 Å². The van der Waals surface area contributed by atoms with E-state index in [1.807, 2.05) is 0 Å². The van der Waals surface area contributed by atoms with E-state index in [1.54, 1.807) is 6.07 Å². The van der Waals surface area contributed by atoms with Crippen LogP contribution in [0, 0.1) is 5.41 Å². The van der Waals surface area contributed by atoms with E-state index in [4.69, 9.17) is 16.0 Å². The molecule has 0 aliphatic rings. The molecule has 0 aromatic carbocycles. The van der Waals surface area contributed by atoms with Gasteiger partial charge in [-0.05, 0) is 23.1 Å². The summed E-state index contributed by atoms with van der Waals surface area (Å²) in [6.45, 7) is 6.24. The summed E-state index contributed by atoms with van der Waals surface area (Å²) < 4.78 is 5.20. The van der Waals surface area contributed by atoms with Crippen molar-refractivity contribution < 1.29 is 9.21 Å². The number of rotatable bonds is 2. The number of halogens is 1. The highest BCUT2D eigenvalue weighted by atomic mass is 35.5. The first-order valence-electron chi connectivity index (χ1n) is 4.16. The fourth-order valence-electron chi connectivity index (χ4n) is 1.13. The zero-order chi connectivity index (χ0) is 10.1. The molecule has 0 spiro atoms. The zero-order valence-corrected chi connectivity index (χ0v) is 8.81. The normalized spacial score (nSPS) is 11.7. The van der Waals surface area contributed by atoms with E-state index in [0.29, 0.717) is 17.7 Å². The summed E-state index contributed by atoms with van der Waals surface area (Å²) in [5.41, 5.74) is 0.579. The van der Waals surface area contributed by atoms with E-state index in [9.17, 15) is 4.79 Å². The van der Waals surface area contributed by atoms with Crippen molar-refractivity contribution in [1.29, 1.82) is 0 Å². The lowest BCUT2D eigenvalue weighted by Crippen LogP contribution is -2.10. The maximum atomic E-state index is 10.9. The predicted octanol–water partition coefficient (Wildman–Crippen LogP) is 3.25. The molecule has 1 rings (SSSR count). The van der Waals surface area contributed by atoms with E-state index in [0.717, 1.165) is 0 Å². The molecule has 1 aromatic heterocycles. The van der Waals surface area contributed by atoms with Gasteiger partial charge in [0.25, 0.3) is 5.24 Å². The van der Waals surface area contributed by atoms with Crippen molar-refractivity contribution >= 4 is 16.8 Å². The van der Waals surface area contributed by atoms with Crippen molar-refractivity contribution in [3.8, 4) is 0 Å². The largest absolute Gasteiger partial charge is 0.469 e. The van der Waals surface area contributed by atoms with E-state index in [-0.39, 0.29) is 5.41 Å². The minimum Gasteiger partial charge on any atom is -0.469 e. The van der Waals surface area contributed by atoms with Gasteiger partial charge in [0.05, 0.1) is 11.8 Å². The molecular weight excluding hydrogens is 188 g/mol. The number of hydrogen-bond donors (Lipinski definition) is 0. The molecule has 0 unspecified atom stereocenters. The SMILES string of the molecule is CC(C)(C)Cc1occc1C(=O)Cl. The average molecular weight is 201 g/mol. The Morgan fingerprint density at radius 2 is 2.15 bits per heavy atom. The summed E-state index contributed by atoms with van der Waals surface area (Å²) in [6, 6.07) is 1.61. The zero-order valence-electron chi connectivity index (χ0n) is 8.06. The summed E-state index contributed by atoms with van der Waals surface area (Å²) in [5, 5.41) is -0.451. The molecule has 72 valence electrons. The lowest BCUT2D eigenvalue weighted by molar-refractivity contribution is 0.107. The summed E-state index contributed by atoms with van der Waals surface area (Å²) >= 11 is 5.38. The third kappa shape index (κ3) is 2.88. The van der Waals surface area contributed by atoms with E-state index in [1.165, 1.54) is 6.26 Å². The summed E-state index contributed by atoms with van der Waals surface area (Å²) in [4.78, 5) is 10.9. The third-order valence-corrected chi connectivity index (χ3v) is 1.85. The third-order valence-electron chi connectivity index (χ3n) is 1.65. The second kappa shape index (κ2) is 3.54. The monoisotopic (exact) mass is 200 g/mol. The Labute approximate surface area is 82.9 Å². The number of furan rings is 1. The van der Waals surface area contributed by atoms with Crippen LogP contribution >= 0.6 is 11.6 Å². The molecule has 1 aromatic rings. The van der Waals surface area contributed by atoms with Crippen molar-refractivity contribution in [2.45, 2.75) is 27.2 Å². The molecule has 13 heavy (non-hydrogen) atoms. The van der Waals surface area contributed by atoms with Crippen LogP contribution in [-0.4, -0.2) is 5.24 Å². The Hall–Kier alpha value is -0.760. The molecule has 0 fully saturated rings. The van der Waals surface area contributed by atoms with Crippen LogP contribution in [0.2, 0.25) is 0 Å². The smallest absolute Gasteiger partial charge is 0.255 e. The molecule has 0 amide bonds. The molecule has 0 aliphatic heterocycles. The molecule has 0 bridgehead atoms. The van der Waals surface area contributed by atoms with Crippen molar-refractivity contribution in [2.24, 2.45) is 5.41 Å². The number of hydrogen-bond acceptors (Lipinski definition) is 2. The fraction of sp³-hybridized carbons (Fsp3) is 0.500. The van der Waals surface area contributed by atoms with Crippen LogP contribution < -0.4 is 0 Å². The van der Waals surface area contributed by atoms with Crippen LogP contribution in [0.1, 0.15) is 36.9 Å². The van der Waals surface area contributed by atoms with Crippen LogP contribution in [0.4, 0.5) is 0 Å². The van der Waals surface area contributed by atoms with Gasteiger partial charge in [-0.3, -0.25) is 4.79 Å². The minimum absolute atomic E-state index is 0.0962. The lowest BCUT2D eigenvalue weighted by Gasteiger charge is -2.16. The highest BCUT2D eigenvalue weighted by molar-refractivity contribution is 6.67. The van der Waals surface area contributed by atoms with Gasteiger partial charge < -0.3 is 4.42 Å². The van der Waals surface area contributed by atoms with Crippen LogP contribution in [0.25, 0.3) is 0 Å². The van der Waals surface area contributed by atoms with Gasteiger partial charge in [0.2, 0.25) is 0 Å². The molecule has 3 heteroatoms. The second-order valence-electron chi connectivity index (χ2n) is 4.27. The van der Waals surface area contributed by atoms with Crippen LogP contribution in [-0.2, 0) is 6.42 Å². The van der Waals surface area contributed by atoms with E-state index < -0.39 is 5.24 Å². The Bertz CT molecular complexity index is 307. The van der Waals surface area contributed by atoms with Gasteiger partial charge >= 0.3 is 0 Å². The summed E-state index contributed by atoms with van der Waals surface area (Å²) in [5.74, 6) is 0.674. The first kappa shape index (κ1) is 10.3. The average Bonchev–Trinajstić information content (AvgIpc) is 2.31. The van der Waals surface area contributed by atoms with Crippen LogP contribution in [0.3, 0.4) is 0 Å². The quantitative estimate of drug-likeness (QED) is 0.686. The van der Waals surface area contributed by atoms with Crippen molar-refractivity contribution in [2.75, 3.05) is 0 Å². The van der Waals surface area contributed by atoms with Gasteiger partial charge in [0.15, 0.2) is 0 Å². The number of carbonyl (C=O) groups is 1. The Morgan fingerprint density at radius 1 is 1.54 bits per heavy atom. The molecule has 1 heterocycles. The molecule has 0 aliphatic carbocycles.